The van der Waals surface area contributed by atoms with Crippen LogP contribution in [0.3, 0.4) is 0 Å². The molecule has 1 aromatic carbocycles. The summed E-state index contributed by atoms with van der Waals surface area (Å²) in [7, 11) is 0. The lowest BCUT2D eigenvalue weighted by Gasteiger charge is -2.04. The molecule has 0 heterocycles. The second kappa shape index (κ2) is 5.95. The van der Waals surface area contributed by atoms with Crippen molar-refractivity contribution < 1.29 is 9.90 Å². The van der Waals surface area contributed by atoms with Crippen molar-refractivity contribution in [3.63, 3.8) is 0 Å². The molecule has 0 spiro atoms. The minimum atomic E-state index is -0.0956. The Morgan fingerprint density at radius 2 is 2.00 bits per heavy atom. The Morgan fingerprint density at radius 1 is 1.38 bits per heavy atom. The van der Waals surface area contributed by atoms with Crippen LogP contribution in [0.5, 0.6) is 5.75 Å². The van der Waals surface area contributed by atoms with E-state index in [1.807, 2.05) is 13.8 Å². The van der Waals surface area contributed by atoms with Gasteiger partial charge in [-0.3, -0.25) is 4.79 Å². The lowest BCUT2D eigenvalue weighted by Crippen LogP contribution is -2.25. The van der Waals surface area contributed by atoms with Gasteiger partial charge in [0, 0.05) is 12.6 Å². The van der Waals surface area contributed by atoms with Crippen LogP contribution in [-0.2, 0) is 4.79 Å². The topological polar surface area (TPSA) is 49.3 Å². The zero-order valence-electron chi connectivity index (χ0n) is 9.60. The maximum Gasteiger partial charge on any atom is 0.244 e. The van der Waals surface area contributed by atoms with Crippen molar-refractivity contribution in [2.24, 2.45) is 5.92 Å². The van der Waals surface area contributed by atoms with E-state index in [1.54, 1.807) is 30.3 Å². The standard InChI is InChI=1S/C13H17NO2/c1-10(2)9-14-13(16)8-5-11-3-6-12(15)7-4-11/h3-8,10,15H,9H2,1-2H3,(H,14,16)/b8-5+. The molecule has 3 heteroatoms. The molecule has 0 aliphatic heterocycles. The van der Waals surface area contributed by atoms with E-state index in [2.05, 4.69) is 5.32 Å². The lowest BCUT2D eigenvalue weighted by molar-refractivity contribution is -0.116. The van der Waals surface area contributed by atoms with E-state index in [0.29, 0.717) is 12.5 Å². The van der Waals surface area contributed by atoms with E-state index in [-0.39, 0.29) is 11.7 Å². The van der Waals surface area contributed by atoms with Gasteiger partial charge in [0.15, 0.2) is 0 Å². The van der Waals surface area contributed by atoms with Crippen molar-refractivity contribution in [1.82, 2.24) is 5.32 Å². The van der Waals surface area contributed by atoms with E-state index in [0.717, 1.165) is 5.56 Å². The van der Waals surface area contributed by atoms with Gasteiger partial charge < -0.3 is 10.4 Å². The number of phenolic OH excluding ortho intramolecular Hbond substituents is 1. The molecule has 3 nitrogen and oxygen atoms in total. The van der Waals surface area contributed by atoms with Gasteiger partial charge in [-0.05, 0) is 29.7 Å². The number of phenols is 1. The van der Waals surface area contributed by atoms with Gasteiger partial charge in [-0.25, -0.2) is 0 Å². The molecular formula is C13H17NO2. The highest BCUT2D eigenvalue weighted by Gasteiger charge is 1.97. The Morgan fingerprint density at radius 3 is 2.56 bits per heavy atom. The Kier molecular flexibility index (Phi) is 4.58. The van der Waals surface area contributed by atoms with Gasteiger partial charge in [0.1, 0.15) is 5.75 Å². The summed E-state index contributed by atoms with van der Waals surface area (Å²) in [6.45, 7) is 4.77. The second-order valence-corrected chi connectivity index (χ2v) is 4.06. The highest BCUT2D eigenvalue weighted by molar-refractivity contribution is 5.91. The summed E-state index contributed by atoms with van der Waals surface area (Å²) in [5.41, 5.74) is 0.887. The number of carbonyl (C=O) groups is 1. The van der Waals surface area contributed by atoms with Crippen molar-refractivity contribution in [3.05, 3.63) is 35.9 Å². The van der Waals surface area contributed by atoms with E-state index in [9.17, 15) is 4.79 Å². The molecule has 1 amide bonds. The molecule has 0 unspecified atom stereocenters. The Bertz CT molecular complexity index is 366. The first-order valence-electron chi connectivity index (χ1n) is 5.33. The first-order valence-corrected chi connectivity index (χ1v) is 5.33. The van der Waals surface area contributed by atoms with E-state index in [1.165, 1.54) is 6.08 Å². The summed E-state index contributed by atoms with van der Waals surface area (Å²) in [5.74, 6) is 0.578. The zero-order chi connectivity index (χ0) is 12.0. The number of amides is 1. The van der Waals surface area contributed by atoms with E-state index < -0.39 is 0 Å². The van der Waals surface area contributed by atoms with E-state index in [4.69, 9.17) is 5.11 Å². The minimum Gasteiger partial charge on any atom is -0.508 e. The summed E-state index contributed by atoms with van der Waals surface area (Å²) < 4.78 is 0. The largest absolute Gasteiger partial charge is 0.508 e. The lowest BCUT2D eigenvalue weighted by atomic mass is 10.2. The smallest absolute Gasteiger partial charge is 0.244 e. The molecule has 2 N–H and O–H groups in total. The maximum absolute atomic E-state index is 11.3. The summed E-state index contributed by atoms with van der Waals surface area (Å²) >= 11 is 0. The van der Waals surface area contributed by atoms with Crippen LogP contribution in [0.2, 0.25) is 0 Å². The number of aromatic hydroxyl groups is 1. The molecule has 0 atom stereocenters. The van der Waals surface area contributed by atoms with Crippen molar-refractivity contribution in [3.8, 4) is 5.75 Å². The predicted molar refractivity (Wildman–Crippen MR) is 65.0 cm³/mol. The number of hydrogen-bond donors (Lipinski definition) is 2. The third-order valence-electron chi connectivity index (χ3n) is 2.00. The molecule has 0 saturated heterocycles. The monoisotopic (exact) mass is 219 g/mol. The number of carbonyl (C=O) groups excluding carboxylic acids is 1. The van der Waals surface area contributed by atoms with Crippen LogP contribution >= 0.6 is 0 Å². The second-order valence-electron chi connectivity index (χ2n) is 4.06. The van der Waals surface area contributed by atoms with Gasteiger partial charge in [0.2, 0.25) is 5.91 Å². The SMILES string of the molecule is CC(C)CNC(=O)/C=C/c1ccc(O)cc1. The first kappa shape index (κ1) is 12.3. The fraction of sp³-hybridized carbons (Fsp3) is 0.308. The van der Waals surface area contributed by atoms with Crippen LogP contribution in [0, 0.1) is 5.92 Å². The summed E-state index contributed by atoms with van der Waals surface area (Å²) in [6.07, 6.45) is 3.21. The molecule has 0 aromatic heterocycles. The highest BCUT2D eigenvalue weighted by atomic mass is 16.3. The molecule has 1 aromatic rings. The molecule has 86 valence electrons. The summed E-state index contributed by atoms with van der Waals surface area (Å²) in [6, 6.07) is 6.68. The summed E-state index contributed by atoms with van der Waals surface area (Å²) in [4.78, 5) is 11.3. The fourth-order valence-electron chi connectivity index (χ4n) is 1.12. The number of nitrogens with one attached hydrogen (secondary N) is 1. The zero-order valence-corrected chi connectivity index (χ0v) is 9.60. The molecule has 0 radical (unpaired) electrons. The number of benzene rings is 1. The fourth-order valence-corrected chi connectivity index (χ4v) is 1.12. The molecule has 16 heavy (non-hydrogen) atoms. The molecule has 1 rings (SSSR count). The van der Waals surface area contributed by atoms with Crippen LogP contribution in [0.4, 0.5) is 0 Å². The van der Waals surface area contributed by atoms with Gasteiger partial charge in [-0.2, -0.15) is 0 Å². The summed E-state index contributed by atoms with van der Waals surface area (Å²) in [5, 5.41) is 11.9. The average molecular weight is 219 g/mol. The molecule has 0 fully saturated rings. The molecule has 0 aliphatic rings. The van der Waals surface area contributed by atoms with Gasteiger partial charge in [-0.1, -0.05) is 26.0 Å². The van der Waals surface area contributed by atoms with Gasteiger partial charge in [0.05, 0.1) is 0 Å². The van der Waals surface area contributed by atoms with Crippen LogP contribution in [0.15, 0.2) is 30.3 Å². The predicted octanol–water partition coefficient (Wildman–Crippen LogP) is 2.18. The third kappa shape index (κ3) is 4.64. The maximum atomic E-state index is 11.3. The van der Waals surface area contributed by atoms with Gasteiger partial charge in [0.25, 0.3) is 0 Å². The van der Waals surface area contributed by atoms with Crippen molar-refractivity contribution in [1.29, 1.82) is 0 Å². The van der Waals surface area contributed by atoms with Gasteiger partial charge >= 0.3 is 0 Å². The molecule has 0 aliphatic carbocycles. The number of hydrogen-bond acceptors (Lipinski definition) is 2. The van der Waals surface area contributed by atoms with Crippen molar-refractivity contribution >= 4 is 12.0 Å². The quantitative estimate of drug-likeness (QED) is 0.762. The van der Waals surface area contributed by atoms with Crippen LogP contribution < -0.4 is 5.32 Å². The Hall–Kier alpha value is -1.77. The van der Waals surface area contributed by atoms with Crippen LogP contribution in [0.25, 0.3) is 6.08 Å². The highest BCUT2D eigenvalue weighted by Crippen LogP contribution is 2.10. The van der Waals surface area contributed by atoms with Crippen LogP contribution in [-0.4, -0.2) is 17.6 Å². The van der Waals surface area contributed by atoms with Gasteiger partial charge in [-0.15, -0.1) is 0 Å². The van der Waals surface area contributed by atoms with Crippen LogP contribution in [0.1, 0.15) is 19.4 Å². The van der Waals surface area contributed by atoms with Crippen molar-refractivity contribution in [2.75, 3.05) is 6.54 Å². The molecular weight excluding hydrogens is 202 g/mol. The molecule has 0 bridgehead atoms. The average Bonchev–Trinajstić information content (AvgIpc) is 2.25. The Balaban J connectivity index is 2.47. The molecule has 0 saturated carbocycles. The minimum absolute atomic E-state index is 0.0956. The normalized spacial score (nSPS) is 10.9. The third-order valence-corrected chi connectivity index (χ3v) is 2.00. The Labute approximate surface area is 95.8 Å². The number of rotatable bonds is 4. The first-order chi connectivity index (χ1) is 7.58. The van der Waals surface area contributed by atoms with E-state index >= 15 is 0 Å². The van der Waals surface area contributed by atoms with Crippen molar-refractivity contribution in [2.45, 2.75) is 13.8 Å².